The van der Waals surface area contributed by atoms with E-state index in [-0.39, 0.29) is 17.9 Å². The summed E-state index contributed by atoms with van der Waals surface area (Å²) in [5, 5.41) is 14.1. The maximum absolute atomic E-state index is 10.9. The van der Waals surface area contributed by atoms with Crippen LogP contribution in [0.5, 0.6) is 0 Å². The molecule has 3 heterocycles. The largest absolute Gasteiger partial charge is 0.392 e. The van der Waals surface area contributed by atoms with Crippen molar-refractivity contribution in [2.24, 2.45) is 0 Å². The molecule has 0 aromatic carbocycles. The zero-order valence-electron chi connectivity index (χ0n) is 16.3. The molecule has 1 saturated carbocycles. The Kier molecular flexibility index (Phi) is 6.19. The van der Waals surface area contributed by atoms with Gasteiger partial charge in [-0.05, 0) is 38.2 Å². The van der Waals surface area contributed by atoms with Crippen molar-refractivity contribution in [1.29, 1.82) is 0 Å². The highest BCUT2D eigenvalue weighted by molar-refractivity contribution is 7.88. The number of aliphatic hydroxyl groups excluding tert-OH is 1. The second-order valence-electron chi connectivity index (χ2n) is 7.70. The summed E-state index contributed by atoms with van der Waals surface area (Å²) in [6.45, 7) is 3.03. The molecule has 0 radical (unpaired) electrons. The average Bonchev–Trinajstić information content (AvgIpc) is 2.91. The maximum Gasteiger partial charge on any atom is 0.238 e. The number of hydrogen-bond acceptors (Lipinski definition) is 6. The number of aliphatic hydroxyl groups is 1. The minimum Gasteiger partial charge on any atom is -0.392 e. The molecule has 2 aromatic heterocycles. The number of nitrogens with zero attached hydrogens (tertiary/aromatic N) is 4. The SMILES string of the molecule is CCC1(c2cc(Cl)c3cnc(N)nn23)CCC1.CS(=O)(=O)N1CCCC(O)C1. The normalized spacial score (nSPS) is 22.4. The number of rotatable bonds is 3. The Balaban J connectivity index is 0.000000178. The molecule has 156 valence electrons. The summed E-state index contributed by atoms with van der Waals surface area (Å²) in [5.41, 5.74) is 7.92. The lowest BCUT2D eigenvalue weighted by Gasteiger charge is -2.40. The predicted octanol–water partition coefficient (Wildman–Crippen LogP) is 2.20. The van der Waals surface area contributed by atoms with E-state index < -0.39 is 16.1 Å². The van der Waals surface area contributed by atoms with Crippen LogP contribution >= 0.6 is 11.6 Å². The lowest BCUT2D eigenvalue weighted by Crippen LogP contribution is -2.41. The molecule has 2 fully saturated rings. The Labute approximate surface area is 170 Å². The molecule has 1 aliphatic heterocycles. The van der Waals surface area contributed by atoms with Gasteiger partial charge in [0.2, 0.25) is 16.0 Å². The van der Waals surface area contributed by atoms with Gasteiger partial charge in [0, 0.05) is 18.5 Å². The van der Waals surface area contributed by atoms with Gasteiger partial charge in [0.05, 0.1) is 29.3 Å². The number of hydrogen-bond donors (Lipinski definition) is 2. The summed E-state index contributed by atoms with van der Waals surface area (Å²) >= 11 is 6.23. The molecule has 2 aliphatic rings. The Hall–Kier alpha value is -1.42. The molecule has 1 atom stereocenters. The first-order valence-electron chi connectivity index (χ1n) is 9.60. The molecule has 4 rings (SSSR count). The van der Waals surface area contributed by atoms with Crippen molar-refractivity contribution in [3.8, 4) is 0 Å². The minimum atomic E-state index is -3.09. The fourth-order valence-corrected chi connectivity index (χ4v) is 5.10. The number of fused-ring (bicyclic) bond motifs is 1. The summed E-state index contributed by atoms with van der Waals surface area (Å²) in [6, 6.07) is 2.02. The van der Waals surface area contributed by atoms with Crippen LogP contribution in [0.25, 0.3) is 5.52 Å². The van der Waals surface area contributed by atoms with E-state index in [9.17, 15) is 8.42 Å². The fraction of sp³-hybridized carbons (Fsp3) is 0.667. The number of nitrogens with two attached hydrogens (primary N) is 1. The zero-order valence-corrected chi connectivity index (χ0v) is 17.9. The van der Waals surface area contributed by atoms with Gasteiger partial charge in [-0.15, -0.1) is 5.10 Å². The molecule has 1 unspecified atom stereocenters. The second-order valence-corrected chi connectivity index (χ2v) is 10.1. The van der Waals surface area contributed by atoms with Crippen LogP contribution in [0.2, 0.25) is 5.02 Å². The van der Waals surface area contributed by atoms with Crippen molar-refractivity contribution in [1.82, 2.24) is 18.9 Å². The van der Waals surface area contributed by atoms with Gasteiger partial charge in [0.1, 0.15) is 5.52 Å². The van der Waals surface area contributed by atoms with E-state index in [4.69, 9.17) is 22.4 Å². The van der Waals surface area contributed by atoms with Crippen molar-refractivity contribution in [3.63, 3.8) is 0 Å². The van der Waals surface area contributed by atoms with Crippen LogP contribution in [0, 0.1) is 0 Å². The number of β-amino-alcohol motifs (C(OH)–C–C–N with tert-alkyl or cyclic N) is 1. The van der Waals surface area contributed by atoms with Crippen molar-refractivity contribution in [2.75, 3.05) is 25.1 Å². The van der Waals surface area contributed by atoms with Gasteiger partial charge in [-0.2, -0.15) is 4.31 Å². The number of halogens is 1. The third-order valence-electron chi connectivity index (χ3n) is 5.85. The van der Waals surface area contributed by atoms with Crippen LogP contribution in [0.1, 0.15) is 51.1 Å². The van der Waals surface area contributed by atoms with E-state index in [1.165, 1.54) is 35.5 Å². The Morgan fingerprint density at radius 2 is 2.11 bits per heavy atom. The highest BCUT2D eigenvalue weighted by atomic mass is 35.5. The predicted molar refractivity (Wildman–Crippen MR) is 110 cm³/mol. The standard InChI is InChI=1S/C12H15ClN4.C6H13NO3S/c1-2-12(4-3-5-12)10-6-8(13)9-7-15-11(14)16-17(9)10;1-11(9,10)7-4-2-3-6(8)5-7/h6-7H,2-5H2,1H3,(H2,14,16);6,8H,2-5H2,1H3. The van der Waals surface area contributed by atoms with Crippen LogP contribution in [0.15, 0.2) is 12.3 Å². The van der Waals surface area contributed by atoms with E-state index in [1.807, 2.05) is 10.6 Å². The first-order valence-corrected chi connectivity index (χ1v) is 11.8. The Morgan fingerprint density at radius 3 is 2.61 bits per heavy atom. The summed E-state index contributed by atoms with van der Waals surface area (Å²) in [6.07, 6.45) is 8.66. The van der Waals surface area contributed by atoms with Gasteiger partial charge in [-0.1, -0.05) is 24.9 Å². The topological polar surface area (TPSA) is 114 Å². The van der Waals surface area contributed by atoms with E-state index in [1.54, 1.807) is 6.20 Å². The number of aromatic nitrogens is 3. The maximum atomic E-state index is 10.9. The van der Waals surface area contributed by atoms with E-state index in [0.717, 1.165) is 18.4 Å². The van der Waals surface area contributed by atoms with Gasteiger partial charge >= 0.3 is 0 Å². The quantitative estimate of drug-likeness (QED) is 0.773. The highest BCUT2D eigenvalue weighted by Crippen LogP contribution is 2.47. The van der Waals surface area contributed by atoms with Crippen molar-refractivity contribution in [2.45, 2.75) is 57.0 Å². The molecular weight excluding hydrogens is 402 g/mol. The molecule has 1 saturated heterocycles. The second kappa shape index (κ2) is 8.14. The first kappa shape index (κ1) is 21.3. The molecule has 2 aromatic rings. The lowest BCUT2D eigenvalue weighted by molar-refractivity contribution is 0.108. The van der Waals surface area contributed by atoms with Crippen molar-refractivity contribution < 1.29 is 13.5 Å². The lowest BCUT2D eigenvalue weighted by atomic mass is 9.65. The van der Waals surface area contributed by atoms with Crippen LogP contribution in [-0.4, -0.2) is 57.9 Å². The minimum absolute atomic E-state index is 0.233. The molecule has 0 bridgehead atoms. The van der Waals surface area contributed by atoms with Gasteiger partial charge in [0.25, 0.3) is 0 Å². The highest BCUT2D eigenvalue weighted by Gasteiger charge is 2.39. The van der Waals surface area contributed by atoms with Gasteiger partial charge in [-0.25, -0.2) is 17.9 Å². The summed E-state index contributed by atoms with van der Waals surface area (Å²) in [4.78, 5) is 3.99. The van der Waals surface area contributed by atoms with Crippen LogP contribution < -0.4 is 5.73 Å². The molecule has 8 nitrogen and oxygen atoms in total. The number of sulfonamides is 1. The Bertz CT molecular complexity index is 937. The first-order chi connectivity index (χ1) is 13.2. The van der Waals surface area contributed by atoms with Crippen molar-refractivity contribution in [3.05, 3.63) is 23.0 Å². The molecule has 3 N–H and O–H groups in total. The van der Waals surface area contributed by atoms with E-state index >= 15 is 0 Å². The van der Waals surface area contributed by atoms with Gasteiger partial charge in [-0.3, -0.25) is 0 Å². The number of anilines is 1. The van der Waals surface area contributed by atoms with Gasteiger partial charge < -0.3 is 10.8 Å². The Morgan fingerprint density at radius 1 is 1.39 bits per heavy atom. The zero-order chi connectivity index (χ0) is 20.5. The third-order valence-corrected chi connectivity index (χ3v) is 7.42. The van der Waals surface area contributed by atoms with E-state index in [0.29, 0.717) is 18.0 Å². The molecule has 1 aliphatic carbocycles. The number of nitrogen functional groups attached to an aromatic ring is 1. The average molecular weight is 430 g/mol. The van der Waals surface area contributed by atoms with Crippen molar-refractivity contribution >= 4 is 33.1 Å². The summed E-state index contributed by atoms with van der Waals surface area (Å²) in [5.74, 6) is 0.289. The van der Waals surface area contributed by atoms with Crippen LogP contribution in [-0.2, 0) is 15.4 Å². The molecule has 0 spiro atoms. The fourth-order valence-electron chi connectivity index (χ4n) is 3.96. The monoisotopic (exact) mass is 429 g/mol. The van der Waals surface area contributed by atoms with Crippen LogP contribution in [0.3, 0.4) is 0 Å². The molecular formula is C18H28ClN5O3S. The van der Waals surface area contributed by atoms with Crippen LogP contribution in [0.4, 0.5) is 5.95 Å². The summed E-state index contributed by atoms with van der Waals surface area (Å²) in [7, 11) is -3.09. The van der Waals surface area contributed by atoms with E-state index in [2.05, 4.69) is 17.0 Å². The molecule has 28 heavy (non-hydrogen) atoms. The smallest absolute Gasteiger partial charge is 0.238 e. The van der Waals surface area contributed by atoms with Gasteiger partial charge in [0.15, 0.2) is 0 Å². The molecule has 10 heteroatoms. The molecule has 0 amide bonds. The summed E-state index contributed by atoms with van der Waals surface area (Å²) < 4.78 is 25.1. The number of piperidine rings is 1. The third kappa shape index (κ3) is 4.27.